The van der Waals surface area contributed by atoms with Gasteiger partial charge in [0.25, 0.3) is 0 Å². The molecule has 2 heterocycles. The molecule has 1 saturated heterocycles. The Kier molecular flexibility index (Phi) is 4.86. The van der Waals surface area contributed by atoms with E-state index in [-0.39, 0.29) is 12.5 Å². The summed E-state index contributed by atoms with van der Waals surface area (Å²) >= 11 is 0. The number of hydrogen-bond donors (Lipinski definition) is 1. The molecule has 27 heavy (non-hydrogen) atoms. The fourth-order valence-electron chi connectivity index (χ4n) is 4.12. The quantitative estimate of drug-likeness (QED) is 0.732. The number of benzene rings is 2. The Balaban J connectivity index is 1.59. The average molecular weight is 363 g/mol. The van der Waals surface area contributed by atoms with Crippen molar-refractivity contribution in [2.45, 2.75) is 25.4 Å². The van der Waals surface area contributed by atoms with Crippen LogP contribution in [0.5, 0.6) is 5.75 Å². The number of rotatable bonds is 6. The third-order valence-electron chi connectivity index (χ3n) is 5.43. The molecule has 1 atom stereocenters. The van der Waals surface area contributed by atoms with Crippen LogP contribution in [0.15, 0.2) is 54.7 Å². The molecule has 0 aliphatic carbocycles. The van der Waals surface area contributed by atoms with E-state index in [4.69, 9.17) is 10.5 Å². The number of ether oxygens (including phenoxy) is 1. The van der Waals surface area contributed by atoms with E-state index in [0.717, 1.165) is 36.3 Å². The van der Waals surface area contributed by atoms with Crippen molar-refractivity contribution in [1.82, 2.24) is 9.47 Å². The highest BCUT2D eigenvalue weighted by Crippen LogP contribution is 2.31. The van der Waals surface area contributed by atoms with Crippen LogP contribution in [0.25, 0.3) is 10.9 Å². The molecule has 1 fully saturated rings. The second-order valence-electron chi connectivity index (χ2n) is 7.26. The number of nitrogens with two attached hydrogens (primary N) is 1. The molecular weight excluding hydrogens is 338 g/mol. The van der Waals surface area contributed by atoms with Gasteiger partial charge in [0.2, 0.25) is 5.91 Å². The zero-order chi connectivity index (χ0) is 18.8. The summed E-state index contributed by atoms with van der Waals surface area (Å²) in [6.45, 7) is 3.18. The fourth-order valence-corrected chi connectivity index (χ4v) is 4.12. The molecule has 1 aliphatic heterocycles. The van der Waals surface area contributed by atoms with E-state index in [1.165, 1.54) is 17.5 Å². The molecule has 140 valence electrons. The number of fused-ring (bicyclic) bond motifs is 1. The molecule has 2 N–H and O–H groups in total. The molecule has 0 radical (unpaired) electrons. The van der Waals surface area contributed by atoms with Crippen LogP contribution >= 0.6 is 0 Å². The number of methoxy groups -OCH3 is 1. The lowest BCUT2D eigenvalue weighted by Crippen LogP contribution is -2.20. The molecule has 5 heteroatoms. The van der Waals surface area contributed by atoms with Gasteiger partial charge in [-0.15, -0.1) is 0 Å². The Morgan fingerprint density at radius 1 is 1.22 bits per heavy atom. The molecule has 1 amide bonds. The Hall–Kier alpha value is -2.79. The Labute approximate surface area is 159 Å². The summed E-state index contributed by atoms with van der Waals surface area (Å²) < 4.78 is 7.34. The van der Waals surface area contributed by atoms with Crippen LogP contribution in [0.1, 0.15) is 23.5 Å². The predicted octanol–water partition coefficient (Wildman–Crippen LogP) is 3.12. The molecule has 3 aromatic rings. The lowest BCUT2D eigenvalue weighted by molar-refractivity contribution is -0.118. The average Bonchev–Trinajstić information content (AvgIpc) is 3.27. The summed E-state index contributed by atoms with van der Waals surface area (Å²) in [7, 11) is 1.67. The first-order valence-electron chi connectivity index (χ1n) is 9.35. The maximum absolute atomic E-state index is 11.5. The van der Waals surface area contributed by atoms with Gasteiger partial charge in [0, 0.05) is 30.2 Å². The summed E-state index contributed by atoms with van der Waals surface area (Å²) in [5.41, 5.74) is 9.07. The van der Waals surface area contributed by atoms with E-state index < -0.39 is 0 Å². The minimum Gasteiger partial charge on any atom is -0.497 e. The molecule has 1 unspecified atom stereocenters. The molecule has 0 saturated carbocycles. The smallest absolute Gasteiger partial charge is 0.237 e. The zero-order valence-electron chi connectivity index (χ0n) is 15.6. The number of amides is 1. The van der Waals surface area contributed by atoms with Crippen LogP contribution in [-0.4, -0.2) is 35.6 Å². The van der Waals surface area contributed by atoms with Crippen molar-refractivity contribution in [2.24, 2.45) is 5.73 Å². The first kappa shape index (κ1) is 17.6. The lowest BCUT2D eigenvalue weighted by Gasteiger charge is -2.16. The molecular formula is C22H25N3O2. The van der Waals surface area contributed by atoms with Crippen LogP contribution in [0.4, 0.5) is 0 Å². The topological polar surface area (TPSA) is 60.5 Å². The SMILES string of the molecule is COc1ccc2c(c1)c(CN1CCC(c3ccccc3)C1)cn2CC(N)=O. The fraction of sp³-hybridized carbons (Fsp3) is 0.318. The van der Waals surface area contributed by atoms with Gasteiger partial charge in [0.05, 0.1) is 7.11 Å². The van der Waals surface area contributed by atoms with Crippen molar-refractivity contribution in [3.8, 4) is 5.75 Å². The van der Waals surface area contributed by atoms with E-state index >= 15 is 0 Å². The van der Waals surface area contributed by atoms with E-state index in [0.29, 0.717) is 5.92 Å². The van der Waals surface area contributed by atoms with Crippen molar-refractivity contribution >= 4 is 16.8 Å². The lowest BCUT2D eigenvalue weighted by atomic mass is 9.99. The van der Waals surface area contributed by atoms with Gasteiger partial charge >= 0.3 is 0 Å². The summed E-state index contributed by atoms with van der Waals surface area (Å²) in [5.74, 6) is 1.07. The Morgan fingerprint density at radius 3 is 2.78 bits per heavy atom. The molecule has 1 aliphatic rings. The molecule has 2 aromatic carbocycles. The maximum atomic E-state index is 11.5. The van der Waals surface area contributed by atoms with E-state index in [2.05, 4.69) is 41.4 Å². The Morgan fingerprint density at radius 2 is 2.04 bits per heavy atom. The number of hydrogen-bond acceptors (Lipinski definition) is 3. The van der Waals surface area contributed by atoms with Crippen molar-refractivity contribution in [3.63, 3.8) is 0 Å². The van der Waals surface area contributed by atoms with Gasteiger partial charge in [-0.25, -0.2) is 0 Å². The summed E-state index contributed by atoms with van der Waals surface area (Å²) in [6, 6.07) is 16.7. The molecule has 4 rings (SSSR count). The first-order chi connectivity index (χ1) is 13.1. The standard InChI is InChI=1S/C22H25N3O2/c1-27-19-7-8-21-20(11-19)18(14-25(21)15-22(23)26)13-24-10-9-17(12-24)16-5-3-2-4-6-16/h2-8,11,14,17H,9-10,12-13,15H2,1H3,(H2,23,26). The largest absolute Gasteiger partial charge is 0.497 e. The number of carbonyl (C=O) groups excluding carboxylic acids is 1. The summed E-state index contributed by atoms with van der Waals surface area (Å²) in [6.07, 6.45) is 3.23. The van der Waals surface area contributed by atoms with Gasteiger partial charge < -0.3 is 15.0 Å². The van der Waals surface area contributed by atoms with Crippen molar-refractivity contribution in [3.05, 3.63) is 65.9 Å². The highest BCUT2D eigenvalue weighted by atomic mass is 16.5. The predicted molar refractivity (Wildman–Crippen MR) is 107 cm³/mol. The van der Waals surface area contributed by atoms with Crippen molar-refractivity contribution in [2.75, 3.05) is 20.2 Å². The van der Waals surface area contributed by atoms with Crippen LogP contribution in [0, 0.1) is 0 Å². The molecule has 1 aromatic heterocycles. The molecule has 5 nitrogen and oxygen atoms in total. The highest BCUT2D eigenvalue weighted by molar-refractivity contribution is 5.87. The normalized spacial score (nSPS) is 17.4. The van der Waals surface area contributed by atoms with Gasteiger partial charge in [-0.1, -0.05) is 30.3 Å². The number of carbonyl (C=O) groups is 1. The zero-order valence-corrected chi connectivity index (χ0v) is 15.6. The van der Waals surface area contributed by atoms with E-state index in [1.54, 1.807) is 7.11 Å². The van der Waals surface area contributed by atoms with Crippen LogP contribution < -0.4 is 10.5 Å². The van der Waals surface area contributed by atoms with Crippen LogP contribution in [0.3, 0.4) is 0 Å². The first-order valence-corrected chi connectivity index (χ1v) is 9.35. The molecule has 0 bridgehead atoms. The van der Waals surface area contributed by atoms with Gasteiger partial charge in [-0.05, 0) is 48.2 Å². The van der Waals surface area contributed by atoms with E-state index in [9.17, 15) is 4.79 Å². The maximum Gasteiger partial charge on any atom is 0.237 e. The van der Waals surface area contributed by atoms with Gasteiger partial charge in [-0.2, -0.15) is 0 Å². The third-order valence-corrected chi connectivity index (χ3v) is 5.43. The van der Waals surface area contributed by atoms with Crippen molar-refractivity contribution < 1.29 is 9.53 Å². The number of nitrogens with zero attached hydrogens (tertiary/aromatic N) is 2. The second kappa shape index (κ2) is 7.45. The third kappa shape index (κ3) is 3.69. The minimum atomic E-state index is -0.334. The monoisotopic (exact) mass is 363 g/mol. The van der Waals surface area contributed by atoms with Crippen molar-refractivity contribution in [1.29, 1.82) is 0 Å². The van der Waals surface area contributed by atoms with E-state index in [1.807, 2.05) is 22.8 Å². The highest BCUT2D eigenvalue weighted by Gasteiger charge is 2.24. The second-order valence-corrected chi connectivity index (χ2v) is 7.26. The van der Waals surface area contributed by atoms with Crippen LogP contribution in [0.2, 0.25) is 0 Å². The number of likely N-dealkylation sites (tertiary alicyclic amines) is 1. The number of aromatic nitrogens is 1. The summed E-state index contributed by atoms with van der Waals surface area (Å²) in [5, 5.41) is 1.12. The molecule has 0 spiro atoms. The van der Waals surface area contributed by atoms with Gasteiger partial charge in [0.1, 0.15) is 12.3 Å². The summed E-state index contributed by atoms with van der Waals surface area (Å²) in [4.78, 5) is 13.9. The van der Waals surface area contributed by atoms with Crippen LogP contribution in [-0.2, 0) is 17.9 Å². The van der Waals surface area contributed by atoms with Gasteiger partial charge in [-0.3, -0.25) is 9.69 Å². The Bertz CT molecular complexity index is 949. The van der Waals surface area contributed by atoms with Gasteiger partial charge in [0.15, 0.2) is 0 Å². The minimum absolute atomic E-state index is 0.190. The number of primary amides is 1.